The Morgan fingerprint density at radius 2 is 1.68 bits per heavy atom. The van der Waals surface area contributed by atoms with Gasteiger partial charge in [0.1, 0.15) is 6.54 Å². The van der Waals surface area contributed by atoms with Crippen molar-refractivity contribution in [3.8, 4) is 0 Å². The fraction of sp³-hybridized carbons (Fsp3) is 0.348. The van der Waals surface area contributed by atoms with E-state index in [0.29, 0.717) is 6.07 Å². The topological polar surface area (TPSA) is 79.8 Å². The number of amides is 2. The minimum Gasteiger partial charge on any atom is -0.374 e. The van der Waals surface area contributed by atoms with Crippen LogP contribution in [0.25, 0.3) is 0 Å². The standard InChI is InChI=1S/C23H16ClF10N3O3/c1-10-4-11(2-3-13(10)19(39)35-8-17(38)36-9-21(26,27)28)16-7-20(40-37-16,23(32,33)34)12-5-14(22(29,30)31)18(25)15(24)6-12/h2-6H,7-9H2,1H3,(H,35,39)(H,36,38). The summed E-state index contributed by atoms with van der Waals surface area (Å²) >= 11 is 5.47. The average molecular weight is 608 g/mol. The Balaban J connectivity index is 1.83. The van der Waals surface area contributed by atoms with E-state index in [4.69, 9.17) is 11.6 Å². The normalized spacial score (nSPS) is 17.8. The second kappa shape index (κ2) is 10.8. The Labute approximate surface area is 223 Å². The molecular weight excluding hydrogens is 592 g/mol. The molecule has 1 heterocycles. The number of halogens is 11. The number of carbonyl (C=O) groups excluding carboxylic acids is 2. The third-order valence-electron chi connectivity index (χ3n) is 5.69. The van der Waals surface area contributed by atoms with Gasteiger partial charge in [-0.05, 0) is 42.3 Å². The van der Waals surface area contributed by atoms with Crippen LogP contribution in [-0.2, 0) is 21.4 Å². The molecule has 0 saturated heterocycles. The molecule has 1 aliphatic rings. The first kappa shape index (κ1) is 31.0. The molecule has 2 N–H and O–H groups in total. The predicted molar refractivity (Wildman–Crippen MR) is 119 cm³/mol. The van der Waals surface area contributed by atoms with E-state index < -0.39 is 77.4 Å². The smallest absolute Gasteiger partial charge is 0.374 e. The van der Waals surface area contributed by atoms with Gasteiger partial charge < -0.3 is 15.5 Å². The Bertz CT molecular complexity index is 1360. The van der Waals surface area contributed by atoms with Crippen molar-refractivity contribution < 1.29 is 58.3 Å². The summed E-state index contributed by atoms with van der Waals surface area (Å²) in [5.74, 6) is -3.98. The van der Waals surface area contributed by atoms with Crippen molar-refractivity contribution in [2.24, 2.45) is 5.16 Å². The fourth-order valence-corrected chi connectivity index (χ4v) is 3.92. The van der Waals surface area contributed by atoms with Gasteiger partial charge in [-0.15, -0.1) is 0 Å². The molecular formula is C23H16ClF10N3O3. The van der Waals surface area contributed by atoms with Crippen molar-refractivity contribution in [2.45, 2.75) is 37.5 Å². The molecule has 0 bridgehead atoms. The molecule has 2 aromatic carbocycles. The number of nitrogens with zero attached hydrogens (tertiary/aromatic N) is 1. The lowest BCUT2D eigenvalue weighted by molar-refractivity contribution is -0.276. The average Bonchev–Trinajstić information content (AvgIpc) is 3.28. The van der Waals surface area contributed by atoms with Crippen LogP contribution in [0.3, 0.4) is 0 Å². The summed E-state index contributed by atoms with van der Waals surface area (Å²) in [5, 5.41) is 5.82. The number of aryl methyl sites for hydroxylation is 1. The van der Waals surface area contributed by atoms with Crippen LogP contribution in [0.15, 0.2) is 35.5 Å². The van der Waals surface area contributed by atoms with Crippen LogP contribution in [0.5, 0.6) is 0 Å². The molecule has 3 rings (SSSR count). The van der Waals surface area contributed by atoms with Crippen molar-refractivity contribution in [1.82, 2.24) is 10.6 Å². The van der Waals surface area contributed by atoms with Gasteiger partial charge in [0, 0.05) is 17.5 Å². The van der Waals surface area contributed by atoms with Crippen LogP contribution in [0.4, 0.5) is 43.9 Å². The van der Waals surface area contributed by atoms with Gasteiger partial charge in [0.25, 0.3) is 11.5 Å². The van der Waals surface area contributed by atoms with Crippen molar-refractivity contribution in [2.75, 3.05) is 13.1 Å². The molecule has 2 aromatic rings. The van der Waals surface area contributed by atoms with E-state index in [9.17, 15) is 53.5 Å². The maximum atomic E-state index is 14.2. The zero-order valence-electron chi connectivity index (χ0n) is 19.8. The molecule has 2 amide bonds. The summed E-state index contributed by atoms with van der Waals surface area (Å²) in [6.07, 6.45) is -16.5. The predicted octanol–water partition coefficient (Wildman–Crippen LogP) is 5.80. The first-order chi connectivity index (χ1) is 18.2. The van der Waals surface area contributed by atoms with Gasteiger partial charge in [-0.25, -0.2) is 4.39 Å². The van der Waals surface area contributed by atoms with E-state index in [0.717, 1.165) is 12.1 Å². The number of alkyl halides is 9. The van der Waals surface area contributed by atoms with E-state index in [1.165, 1.54) is 13.0 Å². The van der Waals surface area contributed by atoms with E-state index in [1.807, 2.05) is 0 Å². The Hall–Kier alpha value is -3.56. The van der Waals surface area contributed by atoms with Gasteiger partial charge in [-0.2, -0.15) is 39.5 Å². The van der Waals surface area contributed by atoms with Gasteiger partial charge in [0.2, 0.25) is 5.91 Å². The van der Waals surface area contributed by atoms with Crippen LogP contribution in [-0.4, -0.2) is 43.0 Å². The quantitative estimate of drug-likeness (QED) is 0.408. The minimum atomic E-state index is -5.37. The summed E-state index contributed by atoms with van der Waals surface area (Å²) in [7, 11) is 0. The highest BCUT2D eigenvalue weighted by Gasteiger charge is 2.63. The van der Waals surface area contributed by atoms with Crippen LogP contribution < -0.4 is 10.6 Å². The number of hydrogen-bond donors (Lipinski definition) is 2. The highest BCUT2D eigenvalue weighted by molar-refractivity contribution is 6.30. The molecule has 0 saturated carbocycles. The lowest BCUT2D eigenvalue weighted by Crippen LogP contribution is -2.43. The maximum absolute atomic E-state index is 14.2. The van der Waals surface area contributed by atoms with Crippen LogP contribution >= 0.6 is 11.6 Å². The molecule has 40 heavy (non-hydrogen) atoms. The summed E-state index contributed by atoms with van der Waals surface area (Å²) < 4.78 is 133. The van der Waals surface area contributed by atoms with Crippen molar-refractivity contribution in [3.05, 3.63) is 69.0 Å². The van der Waals surface area contributed by atoms with E-state index >= 15 is 0 Å². The third-order valence-corrected chi connectivity index (χ3v) is 5.96. The molecule has 6 nitrogen and oxygen atoms in total. The molecule has 218 valence electrons. The summed E-state index contributed by atoms with van der Waals surface area (Å²) in [4.78, 5) is 28.5. The molecule has 1 aliphatic heterocycles. The highest BCUT2D eigenvalue weighted by atomic mass is 35.5. The fourth-order valence-electron chi connectivity index (χ4n) is 3.70. The second-order valence-corrected chi connectivity index (χ2v) is 8.96. The van der Waals surface area contributed by atoms with Crippen molar-refractivity contribution in [1.29, 1.82) is 0 Å². The van der Waals surface area contributed by atoms with Gasteiger partial charge in [-0.1, -0.05) is 22.8 Å². The van der Waals surface area contributed by atoms with E-state index in [1.54, 1.807) is 5.32 Å². The largest absolute Gasteiger partial charge is 0.435 e. The Morgan fingerprint density at radius 1 is 1.02 bits per heavy atom. The zero-order valence-corrected chi connectivity index (χ0v) is 20.6. The number of oxime groups is 1. The van der Waals surface area contributed by atoms with Gasteiger partial charge in [0.05, 0.1) is 22.8 Å². The minimum absolute atomic E-state index is 0.0210. The molecule has 1 unspecified atom stereocenters. The van der Waals surface area contributed by atoms with E-state index in [-0.39, 0.29) is 28.5 Å². The Kier molecular flexibility index (Phi) is 8.35. The molecule has 1 atom stereocenters. The lowest BCUT2D eigenvalue weighted by Gasteiger charge is -2.30. The zero-order chi connectivity index (χ0) is 30.3. The van der Waals surface area contributed by atoms with Crippen molar-refractivity contribution >= 4 is 29.1 Å². The summed E-state index contributed by atoms with van der Waals surface area (Å²) in [5.41, 5.74) is -6.98. The first-order valence-corrected chi connectivity index (χ1v) is 11.2. The lowest BCUT2D eigenvalue weighted by atomic mass is 9.85. The monoisotopic (exact) mass is 607 g/mol. The third kappa shape index (κ3) is 6.59. The van der Waals surface area contributed by atoms with Crippen LogP contribution in [0, 0.1) is 12.7 Å². The maximum Gasteiger partial charge on any atom is 0.435 e. The molecule has 0 aromatic heterocycles. The molecule has 0 fully saturated rings. The van der Waals surface area contributed by atoms with Crippen molar-refractivity contribution in [3.63, 3.8) is 0 Å². The summed E-state index contributed by atoms with van der Waals surface area (Å²) in [6.45, 7) is -1.06. The number of carbonyl (C=O) groups is 2. The van der Waals surface area contributed by atoms with Crippen LogP contribution in [0.1, 0.15) is 39.0 Å². The SMILES string of the molecule is Cc1cc(C2=NOC(c3cc(Cl)c(F)c(C(F)(F)F)c3)(C(F)(F)F)C2)ccc1C(=O)NCC(=O)NCC(F)(F)F. The van der Waals surface area contributed by atoms with Gasteiger partial charge >= 0.3 is 18.5 Å². The molecule has 0 spiro atoms. The highest BCUT2D eigenvalue weighted by Crippen LogP contribution is 2.50. The summed E-state index contributed by atoms with van der Waals surface area (Å²) in [6, 6.07) is 3.77. The second-order valence-electron chi connectivity index (χ2n) is 8.55. The number of hydrogen-bond acceptors (Lipinski definition) is 4. The van der Waals surface area contributed by atoms with Gasteiger partial charge in [0.15, 0.2) is 5.82 Å². The van der Waals surface area contributed by atoms with E-state index in [2.05, 4.69) is 15.3 Å². The van der Waals surface area contributed by atoms with Crippen LogP contribution in [0.2, 0.25) is 5.02 Å². The first-order valence-electron chi connectivity index (χ1n) is 10.9. The molecule has 0 radical (unpaired) electrons. The Morgan fingerprint density at radius 3 is 2.23 bits per heavy atom. The number of benzene rings is 2. The number of nitrogens with one attached hydrogen (secondary N) is 2. The molecule has 0 aliphatic carbocycles. The molecule has 17 heteroatoms. The van der Waals surface area contributed by atoms with Gasteiger partial charge in [-0.3, -0.25) is 9.59 Å². The number of rotatable bonds is 6.